The molecule has 0 amide bonds. The van der Waals surface area contributed by atoms with Gasteiger partial charge in [0.15, 0.2) is 23.9 Å². The van der Waals surface area contributed by atoms with Gasteiger partial charge in [-0.05, 0) is 12.1 Å². The van der Waals surface area contributed by atoms with Crippen LogP contribution in [0.4, 0.5) is 0 Å². The molecule has 0 heterocycles. The van der Waals surface area contributed by atoms with Gasteiger partial charge in [0.1, 0.15) is 0 Å². The van der Waals surface area contributed by atoms with Crippen molar-refractivity contribution in [3.8, 4) is 11.5 Å². The van der Waals surface area contributed by atoms with Gasteiger partial charge in [-0.2, -0.15) is 0 Å². The van der Waals surface area contributed by atoms with Crippen molar-refractivity contribution in [2.75, 3.05) is 20.8 Å². The third kappa shape index (κ3) is 4.02. The van der Waals surface area contributed by atoms with Crippen molar-refractivity contribution >= 4 is 23.4 Å². The van der Waals surface area contributed by atoms with E-state index in [1.165, 1.54) is 26.4 Å². The Kier molecular flexibility index (Phi) is 5.60. The Bertz CT molecular complexity index is 712. The van der Waals surface area contributed by atoms with Crippen molar-refractivity contribution < 1.29 is 23.8 Å². The lowest BCUT2D eigenvalue weighted by molar-refractivity contribution is 0.0474. The first-order valence-electron chi connectivity index (χ1n) is 6.73. The highest BCUT2D eigenvalue weighted by Crippen LogP contribution is 2.36. The second-order valence-corrected chi connectivity index (χ2v) is 4.97. The van der Waals surface area contributed by atoms with Gasteiger partial charge in [0.25, 0.3) is 0 Å². The van der Waals surface area contributed by atoms with Crippen molar-refractivity contribution in [1.29, 1.82) is 0 Å². The molecule has 0 aromatic heterocycles. The van der Waals surface area contributed by atoms with Crippen LogP contribution in [-0.4, -0.2) is 32.6 Å². The summed E-state index contributed by atoms with van der Waals surface area (Å²) in [4.78, 5) is 24.0. The maximum Gasteiger partial charge on any atom is 0.338 e. The van der Waals surface area contributed by atoms with E-state index in [2.05, 4.69) is 0 Å². The molecular formula is C17H15ClO5. The average Bonchev–Trinajstić information content (AvgIpc) is 2.59. The van der Waals surface area contributed by atoms with E-state index >= 15 is 0 Å². The van der Waals surface area contributed by atoms with E-state index in [0.29, 0.717) is 17.1 Å². The van der Waals surface area contributed by atoms with E-state index in [-0.39, 0.29) is 23.0 Å². The van der Waals surface area contributed by atoms with Crippen molar-refractivity contribution in [1.82, 2.24) is 0 Å². The zero-order chi connectivity index (χ0) is 16.8. The molecule has 0 atom stereocenters. The Balaban J connectivity index is 2.09. The van der Waals surface area contributed by atoms with Gasteiger partial charge < -0.3 is 14.2 Å². The Hall–Kier alpha value is -2.53. The first-order valence-corrected chi connectivity index (χ1v) is 7.11. The minimum absolute atomic E-state index is 0.175. The molecular weight excluding hydrogens is 320 g/mol. The summed E-state index contributed by atoms with van der Waals surface area (Å²) in [6.07, 6.45) is 0. The number of esters is 1. The lowest BCUT2D eigenvalue weighted by Crippen LogP contribution is -2.14. The third-order valence-corrected chi connectivity index (χ3v) is 3.38. The Morgan fingerprint density at radius 2 is 1.70 bits per heavy atom. The summed E-state index contributed by atoms with van der Waals surface area (Å²) in [5, 5.41) is 0.216. The van der Waals surface area contributed by atoms with Crippen LogP contribution in [0.15, 0.2) is 42.5 Å². The molecule has 0 saturated heterocycles. The number of hydrogen-bond acceptors (Lipinski definition) is 5. The highest BCUT2D eigenvalue weighted by molar-refractivity contribution is 6.32. The quantitative estimate of drug-likeness (QED) is 0.598. The van der Waals surface area contributed by atoms with E-state index in [4.69, 9.17) is 25.8 Å². The van der Waals surface area contributed by atoms with E-state index in [1.54, 1.807) is 30.3 Å². The summed E-state index contributed by atoms with van der Waals surface area (Å²) in [5.74, 6) is -0.324. The molecule has 0 aliphatic heterocycles. The molecule has 0 saturated carbocycles. The molecule has 0 bridgehead atoms. The fraction of sp³-hybridized carbons (Fsp3) is 0.176. The highest BCUT2D eigenvalue weighted by Gasteiger charge is 2.17. The van der Waals surface area contributed by atoms with Gasteiger partial charge in [0.2, 0.25) is 0 Å². The zero-order valence-corrected chi connectivity index (χ0v) is 13.4. The molecule has 120 valence electrons. The number of rotatable bonds is 6. The highest BCUT2D eigenvalue weighted by atomic mass is 35.5. The average molecular weight is 335 g/mol. The van der Waals surface area contributed by atoms with E-state index < -0.39 is 5.97 Å². The maximum absolute atomic E-state index is 12.1. The molecule has 2 aromatic carbocycles. The topological polar surface area (TPSA) is 61.8 Å². The van der Waals surface area contributed by atoms with Crippen LogP contribution in [-0.2, 0) is 4.74 Å². The number of halogens is 1. The molecule has 23 heavy (non-hydrogen) atoms. The summed E-state index contributed by atoms with van der Waals surface area (Å²) in [7, 11) is 2.88. The van der Waals surface area contributed by atoms with E-state index in [9.17, 15) is 9.59 Å². The largest absolute Gasteiger partial charge is 0.493 e. The summed E-state index contributed by atoms with van der Waals surface area (Å²) in [6, 6.07) is 11.4. The summed E-state index contributed by atoms with van der Waals surface area (Å²) >= 11 is 6.04. The smallest absolute Gasteiger partial charge is 0.338 e. The minimum Gasteiger partial charge on any atom is -0.493 e. The second kappa shape index (κ2) is 7.65. The van der Waals surface area contributed by atoms with Crippen LogP contribution in [0.5, 0.6) is 11.5 Å². The third-order valence-electron chi connectivity index (χ3n) is 3.10. The Morgan fingerprint density at radius 3 is 2.30 bits per heavy atom. The van der Waals surface area contributed by atoms with Gasteiger partial charge in [0.05, 0.1) is 24.8 Å². The van der Waals surface area contributed by atoms with Crippen molar-refractivity contribution in [2.24, 2.45) is 0 Å². The molecule has 0 unspecified atom stereocenters. The van der Waals surface area contributed by atoms with Crippen LogP contribution >= 0.6 is 11.6 Å². The van der Waals surface area contributed by atoms with Gasteiger partial charge in [-0.3, -0.25) is 4.79 Å². The predicted molar refractivity (Wildman–Crippen MR) is 85.6 cm³/mol. The molecule has 0 aliphatic carbocycles. The van der Waals surface area contributed by atoms with Gasteiger partial charge in [-0.1, -0.05) is 41.9 Å². The van der Waals surface area contributed by atoms with Gasteiger partial charge in [-0.25, -0.2) is 4.79 Å². The number of carbonyl (C=O) groups excluding carboxylic acids is 2. The fourth-order valence-corrected chi connectivity index (χ4v) is 2.25. The molecule has 5 nitrogen and oxygen atoms in total. The number of methoxy groups -OCH3 is 2. The molecule has 0 N–H and O–H groups in total. The van der Waals surface area contributed by atoms with Crippen molar-refractivity contribution in [3.63, 3.8) is 0 Å². The van der Waals surface area contributed by atoms with Gasteiger partial charge in [0, 0.05) is 5.56 Å². The lowest BCUT2D eigenvalue weighted by Gasteiger charge is -2.11. The van der Waals surface area contributed by atoms with Gasteiger partial charge in [-0.15, -0.1) is 0 Å². The molecule has 2 aromatic rings. The van der Waals surface area contributed by atoms with E-state index in [1.807, 2.05) is 0 Å². The molecule has 0 spiro atoms. The maximum atomic E-state index is 12.1. The first-order chi connectivity index (χ1) is 11.1. The number of benzene rings is 2. The molecule has 2 rings (SSSR count). The first kappa shape index (κ1) is 16.8. The Labute approximate surface area is 138 Å². The van der Waals surface area contributed by atoms with Crippen LogP contribution in [0.25, 0.3) is 0 Å². The molecule has 0 radical (unpaired) electrons. The standard InChI is InChI=1S/C17H15ClO5/c1-21-15-9-12(8-13(18)16(15)22-2)17(20)23-10-14(19)11-6-4-3-5-7-11/h3-9H,10H2,1-2H3. The van der Waals surface area contributed by atoms with E-state index in [0.717, 1.165) is 0 Å². The monoisotopic (exact) mass is 334 g/mol. The molecule has 0 fully saturated rings. The normalized spacial score (nSPS) is 10.0. The predicted octanol–water partition coefficient (Wildman–Crippen LogP) is 3.40. The van der Waals surface area contributed by atoms with Crippen LogP contribution in [0.1, 0.15) is 20.7 Å². The summed E-state index contributed by atoms with van der Waals surface area (Å²) in [5.41, 5.74) is 0.652. The lowest BCUT2D eigenvalue weighted by atomic mass is 10.1. The van der Waals surface area contributed by atoms with Crippen LogP contribution in [0.3, 0.4) is 0 Å². The SMILES string of the molecule is COc1cc(C(=O)OCC(=O)c2ccccc2)cc(Cl)c1OC. The van der Waals surface area contributed by atoms with Crippen LogP contribution in [0, 0.1) is 0 Å². The van der Waals surface area contributed by atoms with Crippen LogP contribution in [0.2, 0.25) is 5.02 Å². The van der Waals surface area contributed by atoms with Gasteiger partial charge >= 0.3 is 5.97 Å². The number of hydrogen-bond donors (Lipinski definition) is 0. The number of ether oxygens (including phenoxy) is 3. The van der Waals surface area contributed by atoms with Crippen molar-refractivity contribution in [3.05, 3.63) is 58.6 Å². The Morgan fingerprint density at radius 1 is 1.00 bits per heavy atom. The minimum atomic E-state index is -0.669. The molecule has 0 aliphatic rings. The van der Waals surface area contributed by atoms with Crippen LogP contribution < -0.4 is 9.47 Å². The zero-order valence-electron chi connectivity index (χ0n) is 12.7. The summed E-state index contributed by atoms with van der Waals surface area (Å²) in [6.45, 7) is -0.352. The fourth-order valence-electron chi connectivity index (χ4n) is 1.96. The number of Topliss-reactive ketones (excluding diaryl/α,β-unsaturated/α-hetero) is 1. The number of carbonyl (C=O) groups is 2. The molecule has 6 heteroatoms. The number of ketones is 1. The second-order valence-electron chi connectivity index (χ2n) is 4.56. The van der Waals surface area contributed by atoms with Crippen molar-refractivity contribution in [2.45, 2.75) is 0 Å². The summed E-state index contributed by atoms with van der Waals surface area (Å²) < 4.78 is 15.2.